The monoisotopic (exact) mass is 208 g/mol. The molecule has 4 heteroatoms. The van der Waals surface area contributed by atoms with Gasteiger partial charge in [0.25, 0.3) is 0 Å². The maximum atomic E-state index is 10.6. The van der Waals surface area contributed by atoms with Crippen LogP contribution in [0.15, 0.2) is 0 Å². The molecule has 0 aromatic rings. The molecule has 0 radical (unpaired) electrons. The van der Waals surface area contributed by atoms with Crippen LogP contribution in [0.25, 0.3) is 0 Å². The third-order valence-corrected chi connectivity index (χ3v) is 1.72. The molecule has 0 amide bonds. The predicted molar refractivity (Wildman–Crippen MR) is 38.9 cm³/mol. The van der Waals surface area contributed by atoms with Gasteiger partial charge in [0.2, 0.25) is 6.29 Å². The summed E-state index contributed by atoms with van der Waals surface area (Å²) in [4.78, 5) is 10.6. The Bertz CT molecular complexity index is 120. The SMILES string of the molecule is O=C(CBr)OC1CCCO1. The molecule has 1 saturated heterocycles. The lowest BCUT2D eigenvalue weighted by Crippen LogP contribution is -2.17. The molecule has 0 spiro atoms. The van der Waals surface area contributed by atoms with Crippen molar-refractivity contribution >= 4 is 21.9 Å². The van der Waals surface area contributed by atoms with Crippen molar-refractivity contribution < 1.29 is 14.3 Å². The third kappa shape index (κ3) is 2.27. The number of alkyl halides is 1. The molecule has 0 N–H and O–H groups in total. The average molecular weight is 209 g/mol. The first-order valence-electron chi connectivity index (χ1n) is 3.20. The lowest BCUT2D eigenvalue weighted by atomic mass is 10.4. The Morgan fingerprint density at radius 1 is 1.80 bits per heavy atom. The van der Waals surface area contributed by atoms with Crippen molar-refractivity contribution in [3.63, 3.8) is 0 Å². The molecule has 1 unspecified atom stereocenters. The summed E-state index contributed by atoms with van der Waals surface area (Å²) >= 11 is 2.99. The second-order valence-corrected chi connectivity index (χ2v) is 2.63. The fourth-order valence-corrected chi connectivity index (χ4v) is 0.951. The number of carbonyl (C=O) groups is 1. The number of ether oxygens (including phenoxy) is 2. The van der Waals surface area contributed by atoms with Gasteiger partial charge in [0.05, 0.1) is 6.61 Å². The average Bonchev–Trinajstić information content (AvgIpc) is 2.40. The van der Waals surface area contributed by atoms with Gasteiger partial charge in [0.15, 0.2) is 0 Å². The standard InChI is InChI=1S/C6H9BrO3/c7-4-5(8)10-6-2-1-3-9-6/h6H,1-4H2. The Hall–Kier alpha value is -0.0900. The van der Waals surface area contributed by atoms with Gasteiger partial charge in [-0.3, -0.25) is 4.79 Å². The van der Waals surface area contributed by atoms with Gasteiger partial charge in [0.1, 0.15) is 5.33 Å². The molecule has 0 aromatic carbocycles. The fraction of sp³-hybridized carbons (Fsp3) is 0.833. The summed E-state index contributed by atoms with van der Waals surface area (Å²) in [5.41, 5.74) is 0. The van der Waals surface area contributed by atoms with Crippen LogP contribution in [0, 0.1) is 0 Å². The Labute approximate surface area is 67.8 Å². The van der Waals surface area contributed by atoms with Crippen molar-refractivity contribution in [3.8, 4) is 0 Å². The summed E-state index contributed by atoms with van der Waals surface area (Å²) < 4.78 is 9.91. The quantitative estimate of drug-likeness (QED) is 0.503. The smallest absolute Gasteiger partial charge is 0.318 e. The van der Waals surface area contributed by atoms with Crippen LogP contribution in [0.1, 0.15) is 12.8 Å². The zero-order valence-corrected chi connectivity index (χ0v) is 7.09. The molecule has 1 fully saturated rings. The van der Waals surface area contributed by atoms with Gasteiger partial charge >= 0.3 is 5.97 Å². The van der Waals surface area contributed by atoms with E-state index < -0.39 is 0 Å². The first-order chi connectivity index (χ1) is 4.83. The number of esters is 1. The number of hydrogen-bond acceptors (Lipinski definition) is 3. The van der Waals surface area contributed by atoms with E-state index in [1.165, 1.54) is 0 Å². The molecule has 1 rings (SSSR count). The highest BCUT2D eigenvalue weighted by atomic mass is 79.9. The maximum absolute atomic E-state index is 10.6. The molecular formula is C6H9BrO3. The largest absolute Gasteiger partial charge is 0.435 e. The second-order valence-electron chi connectivity index (χ2n) is 2.07. The van der Waals surface area contributed by atoms with Gasteiger partial charge in [0, 0.05) is 6.42 Å². The predicted octanol–water partition coefficient (Wildman–Crippen LogP) is 1.06. The highest BCUT2D eigenvalue weighted by Gasteiger charge is 2.18. The summed E-state index contributed by atoms with van der Waals surface area (Å²) in [5, 5.41) is 0.243. The first-order valence-corrected chi connectivity index (χ1v) is 4.32. The third-order valence-electron chi connectivity index (χ3n) is 1.26. The summed E-state index contributed by atoms with van der Waals surface area (Å²) in [6.07, 6.45) is 1.53. The van der Waals surface area contributed by atoms with Gasteiger partial charge in [-0.05, 0) is 6.42 Å². The fourth-order valence-electron chi connectivity index (χ4n) is 0.819. The van der Waals surface area contributed by atoms with Gasteiger partial charge in [-0.2, -0.15) is 0 Å². The van der Waals surface area contributed by atoms with E-state index in [1.807, 2.05) is 0 Å². The molecule has 1 aliphatic heterocycles. The van der Waals surface area contributed by atoms with E-state index in [9.17, 15) is 4.79 Å². The minimum Gasteiger partial charge on any atom is -0.435 e. The minimum absolute atomic E-state index is 0.243. The number of halogens is 1. The normalized spacial score (nSPS) is 24.7. The molecule has 58 valence electrons. The topological polar surface area (TPSA) is 35.5 Å². The van der Waals surface area contributed by atoms with Crippen LogP contribution in [-0.4, -0.2) is 24.2 Å². The lowest BCUT2D eigenvalue weighted by molar-refractivity contribution is -0.166. The summed E-state index contributed by atoms with van der Waals surface area (Å²) in [5.74, 6) is -0.257. The molecule has 1 aliphatic rings. The Balaban J connectivity index is 2.17. The van der Waals surface area contributed by atoms with Crippen LogP contribution < -0.4 is 0 Å². The molecule has 3 nitrogen and oxygen atoms in total. The van der Waals surface area contributed by atoms with Crippen molar-refractivity contribution in [2.24, 2.45) is 0 Å². The molecular weight excluding hydrogens is 200 g/mol. The second kappa shape index (κ2) is 3.93. The van der Waals surface area contributed by atoms with E-state index in [0.29, 0.717) is 6.61 Å². The van der Waals surface area contributed by atoms with Crippen molar-refractivity contribution in [1.82, 2.24) is 0 Å². The highest BCUT2D eigenvalue weighted by molar-refractivity contribution is 9.09. The van der Waals surface area contributed by atoms with Gasteiger partial charge in [-0.1, -0.05) is 15.9 Å². The van der Waals surface area contributed by atoms with Crippen molar-refractivity contribution in [3.05, 3.63) is 0 Å². The van der Waals surface area contributed by atoms with E-state index >= 15 is 0 Å². The summed E-state index contributed by atoms with van der Waals surface area (Å²) in [6.45, 7) is 0.709. The van der Waals surface area contributed by atoms with E-state index in [2.05, 4.69) is 15.9 Å². The molecule has 0 bridgehead atoms. The van der Waals surface area contributed by atoms with Crippen molar-refractivity contribution in [1.29, 1.82) is 0 Å². The Morgan fingerprint density at radius 2 is 2.60 bits per heavy atom. The molecule has 0 aromatic heterocycles. The van der Waals surface area contributed by atoms with E-state index in [-0.39, 0.29) is 17.6 Å². The molecule has 1 atom stereocenters. The van der Waals surface area contributed by atoms with Crippen molar-refractivity contribution in [2.75, 3.05) is 11.9 Å². The Morgan fingerprint density at radius 3 is 3.10 bits per heavy atom. The Kier molecular flexibility index (Phi) is 3.15. The van der Waals surface area contributed by atoms with Gasteiger partial charge in [-0.15, -0.1) is 0 Å². The van der Waals surface area contributed by atoms with Crippen LogP contribution in [0.4, 0.5) is 0 Å². The zero-order valence-electron chi connectivity index (χ0n) is 5.51. The lowest BCUT2D eigenvalue weighted by Gasteiger charge is -2.08. The maximum Gasteiger partial charge on any atom is 0.318 e. The molecule has 0 aliphatic carbocycles. The molecule has 10 heavy (non-hydrogen) atoms. The van der Waals surface area contributed by atoms with Crippen molar-refractivity contribution in [2.45, 2.75) is 19.1 Å². The number of carbonyl (C=O) groups excluding carboxylic acids is 1. The van der Waals surface area contributed by atoms with Gasteiger partial charge in [-0.25, -0.2) is 0 Å². The van der Waals surface area contributed by atoms with E-state index in [4.69, 9.17) is 9.47 Å². The molecule has 0 saturated carbocycles. The highest BCUT2D eigenvalue weighted by Crippen LogP contribution is 2.13. The summed E-state index contributed by atoms with van der Waals surface area (Å²) in [7, 11) is 0. The van der Waals surface area contributed by atoms with Crippen LogP contribution in [0.2, 0.25) is 0 Å². The summed E-state index contributed by atoms with van der Waals surface area (Å²) in [6, 6.07) is 0. The number of hydrogen-bond donors (Lipinski definition) is 0. The molecule has 1 heterocycles. The van der Waals surface area contributed by atoms with E-state index in [1.54, 1.807) is 0 Å². The van der Waals surface area contributed by atoms with Crippen LogP contribution in [0.3, 0.4) is 0 Å². The zero-order chi connectivity index (χ0) is 7.40. The van der Waals surface area contributed by atoms with Crippen LogP contribution in [0.5, 0.6) is 0 Å². The first kappa shape index (κ1) is 8.01. The van der Waals surface area contributed by atoms with E-state index in [0.717, 1.165) is 12.8 Å². The van der Waals surface area contributed by atoms with Crippen LogP contribution >= 0.6 is 15.9 Å². The number of rotatable bonds is 2. The van der Waals surface area contributed by atoms with Crippen LogP contribution in [-0.2, 0) is 14.3 Å². The van der Waals surface area contributed by atoms with Gasteiger partial charge < -0.3 is 9.47 Å². The minimum atomic E-state index is -0.287.